The van der Waals surface area contributed by atoms with Crippen molar-refractivity contribution in [2.75, 3.05) is 5.73 Å². The Morgan fingerprint density at radius 3 is 2.58 bits per heavy atom. The number of aryl methyl sites for hydroxylation is 1. The van der Waals surface area contributed by atoms with E-state index in [1.54, 1.807) is 19.2 Å². The van der Waals surface area contributed by atoms with Gasteiger partial charge in [-0.3, -0.25) is 4.98 Å². The molecule has 1 aliphatic carbocycles. The summed E-state index contributed by atoms with van der Waals surface area (Å²) in [4.78, 5) is 16.3. The Bertz CT molecular complexity index is 463. The molecule has 0 aliphatic heterocycles. The van der Waals surface area contributed by atoms with Gasteiger partial charge in [0.1, 0.15) is 6.10 Å². The van der Waals surface area contributed by atoms with E-state index in [-0.39, 0.29) is 12.1 Å². The van der Waals surface area contributed by atoms with E-state index in [2.05, 4.69) is 18.8 Å². The molecule has 1 aliphatic rings. The van der Waals surface area contributed by atoms with Crippen LogP contribution >= 0.6 is 0 Å². The molecule has 0 bridgehead atoms. The highest BCUT2D eigenvalue weighted by Gasteiger charge is 2.27. The van der Waals surface area contributed by atoms with Crippen LogP contribution in [-0.4, -0.2) is 17.1 Å². The number of aromatic nitrogens is 1. The van der Waals surface area contributed by atoms with Crippen molar-refractivity contribution >= 4 is 11.7 Å². The Hall–Kier alpha value is -1.58. The zero-order valence-electron chi connectivity index (χ0n) is 11.8. The van der Waals surface area contributed by atoms with E-state index in [4.69, 9.17) is 10.5 Å². The van der Waals surface area contributed by atoms with Crippen LogP contribution < -0.4 is 5.73 Å². The fourth-order valence-electron chi connectivity index (χ4n) is 2.94. The number of hydrogen-bond donors (Lipinski definition) is 1. The number of carbonyl (C=O) groups is 1. The van der Waals surface area contributed by atoms with Crippen molar-refractivity contribution < 1.29 is 9.53 Å². The Kier molecular flexibility index (Phi) is 4.08. The molecule has 2 N–H and O–H groups in total. The van der Waals surface area contributed by atoms with E-state index < -0.39 is 0 Å². The van der Waals surface area contributed by atoms with Crippen molar-refractivity contribution in [2.24, 2.45) is 11.8 Å². The van der Waals surface area contributed by atoms with Gasteiger partial charge in [-0.15, -0.1) is 0 Å². The van der Waals surface area contributed by atoms with Crippen LogP contribution in [0.5, 0.6) is 0 Å². The molecule has 2 rings (SSSR count). The topological polar surface area (TPSA) is 65.2 Å². The van der Waals surface area contributed by atoms with E-state index >= 15 is 0 Å². The molecule has 4 nitrogen and oxygen atoms in total. The molecule has 0 amide bonds. The fraction of sp³-hybridized carbons (Fsp3) is 0.600. The third-order valence-corrected chi connectivity index (χ3v) is 3.74. The maximum absolute atomic E-state index is 12.2. The Labute approximate surface area is 114 Å². The number of esters is 1. The van der Waals surface area contributed by atoms with Crippen LogP contribution in [0.25, 0.3) is 0 Å². The molecule has 4 heteroatoms. The van der Waals surface area contributed by atoms with Crippen LogP contribution in [0.1, 0.15) is 49.2 Å². The van der Waals surface area contributed by atoms with E-state index in [0.717, 1.165) is 12.8 Å². The number of rotatable bonds is 2. The van der Waals surface area contributed by atoms with E-state index in [1.807, 2.05) is 0 Å². The summed E-state index contributed by atoms with van der Waals surface area (Å²) in [5.74, 6) is 0.923. The van der Waals surface area contributed by atoms with Crippen molar-refractivity contribution in [1.29, 1.82) is 0 Å². The lowest BCUT2D eigenvalue weighted by molar-refractivity contribution is 0.00794. The number of nitrogen functional groups attached to an aromatic ring is 1. The molecule has 104 valence electrons. The summed E-state index contributed by atoms with van der Waals surface area (Å²) in [6.07, 6.45) is 4.69. The Morgan fingerprint density at radius 1 is 1.32 bits per heavy atom. The zero-order valence-corrected chi connectivity index (χ0v) is 11.8. The molecular formula is C15H22N2O2. The van der Waals surface area contributed by atoms with Gasteiger partial charge in [0, 0.05) is 0 Å². The summed E-state index contributed by atoms with van der Waals surface area (Å²) in [6.45, 7) is 6.22. The highest BCUT2D eigenvalue weighted by Crippen LogP contribution is 2.30. The van der Waals surface area contributed by atoms with Gasteiger partial charge in [-0.25, -0.2) is 4.79 Å². The first-order valence-electron chi connectivity index (χ1n) is 6.88. The summed E-state index contributed by atoms with van der Waals surface area (Å²) in [7, 11) is 0. The predicted molar refractivity (Wildman–Crippen MR) is 74.8 cm³/mol. The number of ether oxygens (including phenoxy) is 1. The molecule has 1 fully saturated rings. The molecule has 1 aromatic rings. The first-order valence-corrected chi connectivity index (χ1v) is 6.88. The number of carbonyl (C=O) groups excluding carboxylic acids is 1. The van der Waals surface area contributed by atoms with Gasteiger partial charge in [-0.2, -0.15) is 0 Å². The summed E-state index contributed by atoms with van der Waals surface area (Å²) < 4.78 is 5.62. The van der Waals surface area contributed by atoms with Crippen LogP contribution in [0.15, 0.2) is 12.3 Å². The second-order valence-electron chi connectivity index (χ2n) is 5.85. The van der Waals surface area contributed by atoms with Gasteiger partial charge in [0.15, 0.2) is 0 Å². The van der Waals surface area contributed by atoms with Crippen molar-refractivity contribution in [1.82, 2.24) is 4.98 Å². The molecule has 0 spiro atoms. The normalized spacial score (nSPS) is 27.0. The lowest BCUT2D eigenvalue weighted by atomic mass is 9.82. The molecule has 1 aromatic heterocycles. The summed E-state index contributed by atoms with van der Waals surface area (Å²) in [6, 6.07) is 1.64. The van der Waals surface area contributed by atoms with E-state index in [1.165, 1.54) is 6.42 Å². The summed E-state index contributed by atoms with van der Waals surface area (Å²) in [5.41, 5.74) is 7.30. The standard InChI is InChI=1S/C15H22N2O2/c1-9-4-10(2)6-13(5-9)19-15(18)14-7-12(16)8-17-11(14)3/h7-10,13H,4-6,16H2,1-3H3. The minimum atomic E-state index is -0.302. The van der Waals surface area contributed by atoms with E-state index in [9.17, 15) is 4.79 Å². The predicted octanol–water partition coefficient (Wildman–Crippen LogP) is 2.95. The first-order chi connectivity index (χ1) is 8.95. The average molecular weight is 262 g/mol. The maximum Gasteiger partial charge on any atom is 0.340 e. The highest BCUT2D eigenvalue weighted by atomic mass is 16.5. The van der Waals surface area contributed by atoms with Crippen LogP contribution in [0, 0.1) is 18.8 Å². The Balaban J connectivity index is 2.06. The second kappa shape index (κ2) is 5.59. The first kappa shape index (κ1) is 13.8. The number of nitrogens with two attached hydrogens (primary N) is 1. The average Bonchev–Trinajstić information content (AvgIpc) is 2.30. The molecule has 0 radical (unpaired) electrons. The quantitative estimate of drug-likeness (QED) is 0.832. The molecule has 2 atom stereocenters. The molecule has 2 unspecified atom stereocenters. The third-order valence-electron chi connectivity index (χ3n) is 3.74. The van der Waals surface area contributed by atoms with Crippen molar-refractivity contribution in [3.8, 4) is 0 Å². The summed E-state index contributed by atoms with van der Waals surface area (Å²) >= 11 is 0. The number of anilines is 1. The fourth-order valence-corrected chi connectivity index (χ4v) is 2.94. The van der Waals surface area contributed by atoms with Gasteiger partial charge in [0.2, 0.25) is 0 Å². The molecule has 1 saturated carbocycles. The molecule has 0 saturated heterocycles. The van der Waals surface area contributed by atoms with Crippen molar-refractivity contribution in [3.63, 3.8) is 0 Å². The second-order valence-corrected chi connectivity index (χ2v) is 5.85. The van der Waals surface area contributed by atoms with Gasteiger partial charge in [0.25, 0.3) is 0 Å². The SMILES string of the molecule is Cc1ncc(N)cc1C(=O)OC1CC(C)CC(C)C1. The van der Waals surface area contributed by atoms with Crippen molar-refractivity contribution in [2.45, 2.75) is 46.1 Å². The highest BCUT2D eigenvalue weighted by molar-refractivity contribution is 5.91. The zero-order chi connectivity index (χ0) is 14.0. The lowest BCUT2D eigenvalue weighted by Crippen LogP contribution is -2.28. The van der Waals surface area contributed by atoms with Gasteiger partial charge in [0.05, 0.1) is 23.1 Å². The smallest absolute Gasteiger partial charge is 0.340 e. The minimum absolute atomic E-state index is 0.0204. The monoisotopic (exact) mass is 262 g/mol. The number of pyridine rings is 1. The van der Waals surface area contributed by atoms with Gasteiger partial charge in [-0.05, 0) is 44.1 Å². The number of hydrogen-bond acceptors (Lipinski definition) is 4. The molecular weight excluding hydrogens is 240 g/mol. The van der Waals surface area contributed by atoms with Crippen LogP contribution in [-0.2, 0) is 4.74 Å². The van der Waals surface area contributed by atoms with Gasteiger partial charge < -0.3 is 10.5 Å². The van der Waals surface area contributed by atoms with E-state index in [0.29, 0.717) is 28.8 Å². The maximum atomic E-state index is 12.2. The van der Waals surface area contributed by atoms with Crippen molar-refractivity contribution in [3.05, 3.63) is 23.5 Å². The third kappa shape index (κ3) is 3.46. The molecule has 19 heavy (non-hydrogen) atoms. The minimum Gasteiger partial charge on any atom is -0.459 e. The molecule has 0 aromatic carbocycles. The van der Waals surface area contributed by atoms with Crippen LogP contribution in [0.3, 0.4) is 0 Å². The molecule has 1 heterocycles. The van der Waals surface area contributed by atoms with Gasteiger partial charge >= 0.3 is 5.97 Å². The Morgan fingerprint density at radius 2 is 1.95 bits per heavy atom. The largest absolute Gasteiger partial charge is 0.459 e. The van der Waals surface area contributed by atoms with Crippen LogP contribution in [0.2, 0.25) is 0 Å². The van der Waals surface area contributed by atoms with Gasteiger partial charge in [-0.1, -0.05) is 13.8 Å². The summed E-state index contributed by atoms with van der Waals surface area (Å²) in [5, 5.41) is 0. The number of nitrogens with zero attached hydrogens (tertiary/aromatic N) is 1. The van der Waals surface area contributed by atoms with Crippen LogP contribution in [0.4, 0.5) is 5.69 Å². The lowest BCUT2D eigenvalue weighted by Gasteiger charge is -2.31.